The molecular weight excluding hydrogens is 376 g/mol. The molecule has 2 saturated heterocycles. The van der Waals surface area contributed by atoms with Crippen LogP contribution in [0.2, 0.25) is 0 Å². The summed E-state index contributed by atoms with van der Waals surface area (Å²) in [7, 11) is 0. The van der Waals surface area contributed by atoms with Gasteiger partial charge in [0.15, 0.2) is 0 Å². The number of likely N-dealkylation sites (tertiary alicyclic amines) is 1. The Bertz CT molecular complexity index is 688. The van der Waals surface area contributed by atoms with Crippen LogP contribution in [-0.2, 0) is 9.59 Å². The molecule has 0 aliphatic carbocycles. The third-order valence-corrected chi connectivity index (χ3v) is 6.50. The Hall–Kier alpha value is -1.92. The molecule has 1 atom stereocenters. The fraction of sp³-hybridized carbons (Fsp3) is 0.667. The van der Waals surface area contributed by atoms with Crippen LogP contribution < -0.4 is 5.32 Å². The summed E-state index contributed by atoms with van der Waals surface area (Å²) in [6.07, 6.45) is 4.74. The minimum absolute atomic E-state index is 0.0291. The number of amides is 2. The first-order chi connectivity index (χ1) is 14.4. The SMILES string of the molecule is CC(C)c1ccc(NC(=O)[C@H](C)N2CCN(CC(=O)N3CCCCCC3)CC2)cc1. The van der Waals surface area contributed by atoms with Crippen LogP contribution in [0.3, 0.4) is 0 Å². The summed E-state index contributed by atoms with van der Waals surface area (Å²) < 4.78 is 0. The number of nitrogens with one attached hydrogen (secondary N) is 1. The van der Waals surface area contributed by atoms with Gasteiger partial charge in [-0.3, -0.25) is 19.4 Å². The summed E-state index contributed by atoms with van der Waals surface area (Å²) >= 11 is 0. The third kappa shape index (κ3) is 6.29. The standard InChI is InChI=1S/C24H38N4O2/c1-19(2)21-8-10-22(11-9-21)25-24(30)20(3)27-16-14-26(15-17-27)18-23(29)28-12-6-4-5-7-13-28/h8-11,19-20H,4-7,12-18H2,1-3H3,(H,25,30)/t20-/m0/s1. The van der Waals surface area contributed by atoms with Crippen molar-refractivity contribution in [3.05, 3.63) is 29.8 Å². The van der Waals surface area contributed by atoms with Gasteiger partial charge in [0.2, 0.25) is 11.8 Å². The second-order valence-electron chi connectivity index (χ2n) is 9.05. The second-order valence-corrected chi connectivity index (χ2v) is 9.05. The minimum Gasteiger partial charge on any atom is -0.342 e. The number of hydrogen-bond acceptors (Lipinski definition) is 4. The summed E-state index contributed by atoms with van der Waals surface area (Å²) in [5.74, 6) is 0.776. The average molecular weight is 415 g/mol. The highest BCUT2D eigenvalue weighted by Gasteiger charge is 2.27. The highest BCUT2D eigenvalue weighted by Crippen LogP contribution is 2.18. The van der Waals surface area contributed by atoms with Crippen molar-refractivity contribution in [3.8, 4) is 0 Å². The monoisotopic (exact) mass is 414 g/mol. The van der Waals surface area contributed by atoms with Gasteiger partial charge in [0, 0.05) is 45.0 Å². The Labute approximate surface area is 181 Å². The Morgan fingerprint density at radius 1 is 0.867 bits per heavy atom. The molecular formula is C24H38N4O2. The molecule has 2 heterocycles. The van der Waals surface area contributed by atoms with E-state index in [-0.39, 0.29) is 17.9 Å². The van der Waals surface area contributed by atoms with Crippen molar-refractivity contribution >= 4 is 17.5 Å². The fourth-order valence-electron chi connectivity index (χ4n) is 4.28. The van der Waals surface area contributed by atoms with Crippen molar-refractivity contribution < 1.29 is 9.59 Å². The largest absolute Gasteiger partial charge is 0.342 e. The molecule has 2 amide bonds. The van der Waals surface area contributed by atoms with Gasteiger partial charge in [0.1, 0.15) is 0 Å². The van der Waals surface area contributed by atoms with Crippen LogP contribution in [0.15, 0.2) is 24.3 Å². The average Bonchev–Trinajstić information content (AvgIpc) is 3.04. The Morgan fingerprint density at radius 2 is 1.47 bits per heavy atom. The first kappa shape index (κ1) is 22.8. The van der Waals surface area contributed by atoms with E-state index in [4.69, 9.17) is 0 Å². The lowest BCUT2D eigenvalue weighted by atomic mass is 10.0. The summed E-state index contributed by atoms with van der Waals surface area (Å²) in [5.41, 5.74) is 2.12. The first-order valence-corrected chi connectivity index (χ1v) is 11.6. The molecule has 1 N–H and O–H groups in total. The molecule has 2 aliphatic heterocycles. The molecule has 166 valence electrons. The fourth-order valence-corrected chi connectivity index (χ4v) is 4.28. The topological polar surface area (TPSA) is 55.9 Å². The van der Waals surface area contributed by atoms with Gasteiger partial charge in [0.25, 0.3) is 0 Å². The third-order valence-electron chi connectivity index (χ3n) is 6.50. The Balaban J connectivity index is 1.43. The van der Waals surface area contributed by atoms with Crippen molar-refractivity contribution in [2.75, 3.05) is 51.1 Å². The van der Waals surface area contributed by atoms with E-state index in [0.717, 1.165) is 57.8 Å². The van der Waals surface area contributed by atoms with E-state index >= 15 is 0 Å². The lowest BCUT2D eigenvalue weighted by molar-refractivity contribution is -0.133. The van der Waals surface area contributed by atoms with Crippen LogP contribution in [-0.4, -0.2) is 78.4 Å². The number of benzene rings is 1. The quantitative estimate of drug-likeness (QED) is 0.777. The smallest absolute Gasteiger partial charge is 0.241 e. The van der Waals surface area contributed by atoms with E-state index in [2.05, 4.69) is 41.1 Å². The summed E-state index contributed by atoms with van der Waals surface area (Å²) in [6, 6.07) is 7.92. The molecule has 1 aromatic carbocycles. The molecule has 0 radical (unpaired) electrons. The normalized spacial score (nSPS) is 20.1. The zero-order chi connectivity index (χ0) is 21.5. The van der Waals surface area contributed by atoms with Crippen LogP contribution in [0.25, 0.3) is 0 Å². The van der Waals surface area contributed by atoms with Gasteiger partial charge < -0.3 is 10.2 Å². The number of anilines is 1. The maximum Gasteiger partial charge on any atom is 0.241 e. The Kier molecular flexibility index (Phi) is 8.28. The van der Waals surface area contributed by atoms with E-state index in [9.17, 15) is 9.59 Å². The predicted octanol–water partition coefficient (Wildman–Crippen LogP) is 3.16. The number of hydrogen-bond donors (Lipinski definition) is 1. The number of nitrogens with zero attached hydrogens (tertiary/aromatic N) is 3. The second kappa shape index (κ2) is 10.9. The van der Waals surface area contributed by atoms with Gasteiger partial charge >= 0.3 is 0 Å². The minimum atomic E-state index is -0.182. The van der Waals surface area contributed by atoms with Crippen molar-refractivity contribution in [3.63, 3.8) is 0 Å². The summed E-state index contributed by atoms with van der Waals surface area (Å²) in [5, 5.41) is 3.04. The van der Waals surface area contributed by atoms with Crippen molar-refractivity contribution in [1.82, 2.24) is 14.7 Å². The van der Waals surface area contributed by atoms with Gasteiger partial charge in [-0.2, -0.15) is 0 Å². The summed E-state index contributed by atoms with van der Waals surface area (Å²) in [6.45, 7) is 11.9. The van der Waals surface area contributed by atoms with E-state index in [1.807, 2.05) is 24.0 Å². The number of rotatable bonds is 6. The van der Waals surface area contributed by atoms with Gasteiger partial charge in [-0.15, -0.1) is 0 Å². The van der Waals surface area contributed by atoms with Crippen molar-refractivity contribution in [2.45, 2.75) is 58.4 Å². The maximum absolute atomic E-state index is 12.7. The highest BCUT2D eigenvalue weighted by atomic mass is 16.2. The molecule has 0 bridgehead atoms. The molecule has 3 rings (SSSR count). The van der Waals surface area contributed by atoms with Gasteiger partial charge in [-0.1, -0.05) is 38.8 Å². The van der Waals surface area contributed by atoms with Crippen LogP contribution in [0.1, 0.15) is 57.9 Å². The van der Waals surface area contributed by atoms with Gasteiger partial charge in [0.05, 0.1) is 12.6 Å². The maximum atomic E-state index is 12.7. The molecule has 6 heteroatoms. The van der Waals surface area contributed by atoms with Gasteiger partial charge in [-0.05, 0) is 43.4 Å². The zero-order valence-electron chi connectivity index (χ0n) is 18.9. The number of piperazine rings is 1. The molecule has 2 fully saturated rings. The van der Waals surface area contributed by atoms with Crippen LogP contribution in [0.5, 0.6) is 0 Å². The number of carbonyl (C=O) groups is 2. The molecule has 30 heavy (non-hydrogen) atoms. The molecule has 0 spiro atoms. The predicted molar refractivity (Wildman–Crippen MR) is 122 cm³/mol. The van der Waals surface area contributed by atoms with Crippen LogP contribution >= 0.6 is 0 Å². The van der Waals surface area contributed by atoms with E-state index < -0.39 is 0 Å². The molecule has 0 unspecified atom stereocenters. The Morgan fingerprint density at radius 3 is 2.03 bits per heavy atom. The summed E-state index contributed by atoms with van der Waals surface area (Å²) in [4.78, 5) is 31.8. The van der Waals surface area contributed by atoms with Gasteiger partial charge in [-0.25, -0.2) is 0 Å². The molecule has 2 aliphatic rings. The van der Waals surface area contributed by atoms with E-state index in [0.29, 0.717) is 12.5 Å². The first-order valence-electron chi connectivity index (χ1n) is 11.6. The molecule has 0 aromatic heterocycles. The van der Waals surface area contributed by atoms with Crippen LogP contribution in [0, 0.1) is 0 Å². The molecule has 6 nitrogen and oxygen atoms in total. The number of carbonyl (C=O) groups excluding carboxylic acids is 2. The van der Waals surface area contributed by atoms with E-state index in [1.165, 1.54) is 18.4 Å². The zero-order valence-corrected chi connectivity index (χ0v) is 18.9. The van der Waals surface area contributed by atoms with Crippen LogP contribution in [0.4, 0.5) is 5.69 Å². The van der Waals surface area contributed by atoms with E-state index in [1.54, 1.807) is 0 Å². The molecule has 0 saturated carbocycles. The molecule has 1 aromatic rings. The van der Waals surface area contributed by atoms with Crippen molar-refractivity contribution in [2.24, 2.45) is 0 Å². The lowest BCUT2D eigenvalue weighted by Crippen LogP contribution is -2.54. The van der Waals surface area contributed by atoms with Crippen molar-refractivity contribution in [1.29, 1.82) is 0 Å². The lowest BCUT2D eigenvalue weighted by Gasteiger charge is -2.37. The highest BCUT2D eigenvalue weighted by molar-refractivity contribution is 5.94.